The summed E-state index contributed by atoms with van der Waals surface area (Å²) in [7, 11) is 1.71. The van der Waals surface area contributed by atoms with Crippen LogP contribution >= 0.6 is 24.0 Å². The predicted molar refractivity (Wildman–Crippen MR) is 85.1 cm³/mol. The van der Waals surface area contributed by atoms with Gasteiger partial charge in [-0.3, -0.25) is 4.99 Å². The largest absolute Gasteiger partial charge is 0.370 e. The lowest BCUT2D eigenvalue weighted by Gasteiger charge is -2.33. The van der Waals surface area contributed by atoms with E-state index < -0.39 is 0 Å². The van der Waals surface area contributed by atoms with Crippen LogP contribution in [0.5, 0.6) is 0 Å². The zero-order chi connectivity index (χ0) is 11.8. The fourth-order valence-corrected chi connectivity index (χ4v) is 2.23. The highest BCUT2D eigenvalue weighted by Crippen LogP contribution is 2.16. The molecule has 1 atom stereocenters. The minimum atomic E-state index is 0. The number of nitrogens with two attached hydrogens (primary N) is 1. The van der Waals surface area contributed by atoms with Gasteiger partial charge in [0.1, 0.15) is 0 Å². The summed E-state index contributed by atoms with van der Waals surface area (Å²) in [6, 6.07) is 0.781. The predicted octanol–water partition coefficient (Wildman–Crippen LogP) is 1.79. The summed E-state index contributed by atoms with van der Waals surface area (Å²) in [5.41, 5.74) is 5.55. The molecule has 17 heavy (non-hydrogen) atoms. The summed E-state index contributed by atoms with van der Waals surface area (Å²) in [4.78, 5) is 6.47. The third-order valence-corrected chi connectivity index (χ3v) is 3.36. The number of aliphatic imine (C=N–C) groups is 1. The van der Waals surface area contributed by atoms with Gasteiger partial charge >= 0.3 is 0 Å². The Balaban J connectivity index is 0.00000256. The molecule has 4 nitrogen and oxygen atoms in total. The van der Waals surface area contributed by atoms with Gasteiger partial charge in [0, 0.05) is 19.6 Å². The average molecular weight is 354 g/mol. The van der Waals surface area contributed by atoms with Crippen LogP contribution < -0.4 is 11.1 Å². The Kier molecular flexibility index (Phi) is 9.91. The van der Waals surface area contributed by atoms with Crippen molar-refractivity contribution in [3.8, 4) is 0 Å². The Labute approximate surface area is 122 Å². The van der Waals surface area contributed by atoms with Gasteiger partial charge in [0.15, 0.2) is 5.96 Å². The number of hydrogen-bond acceptors (Lipinski definition) is 2. The van der Waals surface area contributed by atoms with Crippen LogP contribution in [0.15, 0.2) is 4.99 Å². The van der Waals surface area contributed by atoms with E-state index in [9.17, 15) is 0 Å². The van der Waals surface area contributed by atoms with E-state index in [-0.39, 0.29) is 24.0 Å². The Hall–Kier alpha value is -0.0400. The first-order valence-corrected chi connectivity index (χ1v) is 6.44. The molecule has 1 rings (SSSR count). The summed E-state index contributed by atoms with van der Waals surface area (Å²) in [5.74, 6) is 0.548. The molecule has 0 spiro atoms. The molecule has 1 aliphatic heterocycles. The van der Waals surface area contributed by atoms with Crippen molar-refractivity contribution in [3.05, 3.63) is 0 Å². The SMILES string of the molecule is CN=C(N)NCCCCN1CCCCC1C.I. The molecule has 102 valence electrons. The fraction of sp³-hybridized carbons (Fsp3) is 0.917. The number of guanidine groups is 1. The van der Waals surface area contributed by atoms with E-state index in [2.05, 4.69) is 22.1 Å². The molecule has 1 fully saturated rings. The van der Waals surface area contributed by atoms with Crippen LogP contribution in [-0.4, -0.2) is 43.6 Å². The van der Waals surface area contributed by atoms with Crippen molar-refractivity contribution in [2.45, 2.75) is 45.1 Å². The fourth-order valence-electron chi connectivity index (χ4n) is 2.23. The molecule has 1 aliphatic rings. The zero-order valence-electron chi connectivity index (χ0n) is 11.1. The molecule has 0 aromatic rings. The van der Waals surface area contributed by atoms with Crippen molar-refractivity contribution >= 4 is 29.9 Å². The molecule has 1 heterocycles. The van der Waals surface area contributed by atoms with Gasteiger partial charge in [0.2, 0.25) is 0 Å². The standard InChI is InChI=1S/C12H26N4.HI/c1-11-7-3-5-9-16(11)10-6-4-8-15-12(13)14-2;/h11H,3-10H2,1-2H3,(H3,13,14,15);1H. The normalized spacial score (nSPS) is 22.0. The highest BCUT2D eigenvalue weighted by atomic mass is 127. The van der Waals surface area contributed by atoms with Gasteiger partial charge in [0.05, 0.1) is 0 Å². The maximum Gasteiger partial charge on any atom is 0.188 e. The van der Waals surface area contributed by atoms with Gasteiger partial charge < -0.3 is 16.0 Å². The van der Waals surface area contributed by atoms with Crippen LogP contribution in [-0.2, 0) is 0 Å². The maximum atomic E-state index is 5.55. The van der Waals surface area contributed by atoms with E-state index in [1.54, 1.807) is 7.05 Å². The van der Waals surface area contributed by atoms with Crippen molar-refractivity contribution in [2.75, 3.05) is 26.7 Å². The number of unbranched alkanes of at least 4 members (excludes halogenated alkanes) is 1. The summed E-state index contributed by atoms with van der Waals surface area (Å²) in [5, 5.41) is 3.09. The number of nitrogens with one attached hydrogen (secondary N) is 1. The van der Waals surface area contributed by atoms with Crippen LogP contribution in [0, 0.1) is 0 Å². The van der Waals surface area contributed by atoms with Gasteiger partial charge in [-0.25, -0.2) is 0 Å². The quantitative estimate of drug-likeness (QED) is 0.343. The monoisotopic (exact) mass is 354 g/mol. The van der Waals surface area contributed by atoms with Crippen molar-refractivity contribution in [1.29, 1.82) is 0 Å². The second kappa shape index (κ2) is 9.94. The number of likely N-dealkylation sites (tertiary alicyclic amines) is 1. The van der Waals surface area contributed by atoms with Gasteiger partial charge in [0.25, 0.3) is 0 Å². The average Bonchev–Trinajstić information content (AvgIpc) is 2.30. The van der Waals surface area contributed by atoms with Crippen LogP contribution in [0.25, 0.3) is 0 Å². The summed E-state index contributed by atoms with van der Waals surface area (Å²) < 4.78 is 0. The highest BCUT2D eigenvalue weighted by molar-refractivity contribution is 14.0. The minimum absolute atomic E-state index is 0. The summed E-state index contributed by atoms with van der Waals surface area (Å²) in [6.07, 6.45) is 6.56. The maximum absolute atomic E-state index is 5.55. The van der Waals surface area contributed by atoms with Crippen LogP contribution in [0.1, 0.15) is 39.0 Å². The minimum Gasteiger partial charge on any atom is -0.370 e. The second-order valence-corrected chi connectivity index (χ2v) is 4.62. The van der Waals surface area contributed by atoms with E-state index in [1.165, 1.54) is 45.2 Å². The molecule has 1 unspecified atom stereocenters. The molecule has 0 bridgehead atoms. The topological polar surface area (TPSA) is 53.6 Å². The number of rotatable bonds is 5. The molecular formula is C12H27IN4. The number of hydrogen-bond donors (Lipinski definition) is 2. The van der Waals surface area contributed by atoms with Crippen molar-refractivity contribution < 1.29 is 0 Å². The molecule has 1 saturated heterocycles. The Morgan fingerprint density at radius 1 is 1.41 bits per heavy atom. The van der Waals surface area contributed by atoms with Gasteiger partial charge in [-0.1, -0.05) is 6.42 Å². The first-order chi connectivity index (χ1) is 7.74. The highest BCUT2D eigenvalue weighted by Gasteiger charge is 2.16. The van der Waals surface area contributed by atoms with Gasteiger partial charge in [-0.05, 0) is 45.7 Å². The summed E-state index contributed by atoms with van der Waals surface area (Å²) >= 11 is 0. The first-order valence-electron chi connectivity index (χ1n) is 6.44. The molecule has 0 aliphatic carbocycles. The van der Waals surface area contributed by atoms with Gasteiger partial charge in [-0.2, -0.15) is 0 Å². The lowest BCUT2D eigenvalue weighted by Crippen LogP contribution is -2.38. The smallest absolute Gasteiger partial charge is 0.188 e. The molecule has 0 saturated carbocycles. The van der Waals surface area contributed by atoms with Crippen LogP contribution in [0.2, 0.25) is 0 Å². The van der Waals surface area contributed by atoms with E-state index >= 15 is 0 Å². The molecule has 0 amide bonds. The molecule has 5 heteroatoms. The van der Waals surface area contributed by atoms with E-state index in [1.807, 2.05) is 0 Å². The number of nitrogens with zero attached hydrogens (tertiary/aromatic N) is 2. The third kappa shape index (κ3) is 7.08. The summed E-state index contributed by atoms with van der Waals surface area (Å²) in [6.45, 7) is 5.80. The molecule has 0 aromatic heterocycles. The van der Waals surface area contributed by atoms with E-state index in [4.69, 9.17) is 5.73 Å². The lowest BCUT2D eigenvalue weighted by atomic mass is 10.0. The number of piperidine rings is 1. The van der Waals surface area contributed by atoms with Crippen molar-refractivity contribution in [1.82, 2.24) is 10.2 Å². The Morgan fingerprint density at radius 3 is 2.82 bits per heavy atom. The molecular weight excluding hydrogens is 327 g/mol. The molecule has 3 N–H and O–H groups in total. The van der Waals surface area contributed by atoms with Crippen LogP contribution in [0.3, 0.4) is 0 Å². The number of halogens is 1. The molecule has 0 radical (unpaired) electrons. The van der Waals surface area contributed by atoms with Gasteiger partial charge in [-0.15, -0.1) is 24.0 Å². The van der Waals surface area contributed by atoms with E-state index in [0.717, 1.165) is 12.6 Å². The van der Waals surface area contributed by atoms with E-state index in [0.29, 0.717) is 5.96 Å². The lowest BCUT2D eigenvalue weighted by molar-refractivity contribution is 0.158. The van der Waals surface area contributed by atoms with Crippen molar-refractivity contribution in [2.24, 2.45) is 10.7 Å². The second-order valence-electron chi connectivity index (χ2n) is 4.62. The molecule has 0 aromatic carbocycles. The first kappa shape index (κ1) is 17.0. The zero-order valence-corrected chi connectivity index (χ0v) is 13.4. The Bertz CT molecular complexity index is 221. The van der Waals surface area contributed by atoms with Crippen LogP contribution in [0.4, 0.5) is 0 Å². The van der Waals surface area contributed by atoms with Crippen molar-refractivity contribution in [3.63, 3.8) is 0 Å². The Morgan fingerprint density at radius 2 is 2.18 bits per heavy atom. The third-order valence-electron chi connectivity index (χ3n) is 3.36.